The normalized spacial score (nSPS) is 16.1. The first-order valence-electron chi connectivity index (χ1n) is 16.1. The van der Waals surface area contributed by atoms with Crippen molar-refractivity contribution in [2.45, 2.75) is 65.5 Å². The van der Waals surface area contributed by atoms with Gasteiger partial charge in [-0.3, -0.25) is 0 Å². The van der Waals surface area contributed by atoms with E-state index in [0.29, 0.717) is 48.6 Å². The molecular formula is C35H43N7O5. The van der Waals surface area contributed by atoms with E-state index in [9.17, 15) is 14.7 Å². The molecular weight excluding hydrogens is 598 g/mol. The number of carboxylic acids is 1. The highest BCUT2D eigenvalue weighted by atomic mass is 16.6. The molecule has 0 atom stereocenters. The smallest absolute Gasteiger partial charge is 0.407 e. The molecule has 248 valence electrons. The first-order chi connectivity index (χ1) is 22.4. The number of aromatic carboxylic acids is 1. The van der Waals surface area contributed by atoms with Crippen LogP contribution in [0.25, 0.3) is 11.2 Å². The first kappa shape index (κ1) is 32.1. The second kappa shape index (κ2) is 12.7. The van der Waals surface area contributed by atoms with Crippen molar-refractivity contribution in [2.24, 2.45) is 5.41 Å². The molecule has 0 spiro atoms. The molecule has 0 saturated carbocycles. The van der Waals surface area contributed by atoms with Gasteiger partial charge in [-0.1, -0.05) is 25.1 Å². The lowest BCUT2D eigenvalue weighted by Gasteiger charge is -2.40. The van der Waals surface area contributed by atoms with E-state index in [1.54, 1.807) is 19.2 Å². The zero-order chi connectivity index (χ0) is 33.3. The molecule has 0 unspecified atom stereocenters. The van der Waals surface area contributed by atoms with E-state index in [0.717, 1.165) is 60.7 Å². The largest absolute Gasteiger partial charge is 0.497 e. The number of anilines is 3. The number of hydrogen-bond acceptors (Lipinski definition) is 9. The molecule has 1 fully saturated rings. The second-order valence-electron chi connectivity index (χ2n) is 13.7. The van der Waals surface area contributed by atoms with Gasteiger partial charge in [0.25, 0.3) is 0 Å². The topological polar surface area (TPSA) is 135 Å². The third-order valence-corrected chi connectivity index (χ3v) is 8.99. The molecule has 0 radical (unpaired) electrons. The molecule has 1 saturated heterocycles. The minimum Gasteiger partial charge on any atom is -0.497 e. The highest BCUT2D eigenvalue weighted by Gasteiger charge is 2.33. The van der Waals surface area contributed by atoms with E-state index in [1.807, 2.05) is 62.0 Å². The number of amides is 1. The van der Waals surface area contributed by atoms with E-state index in [1.165, 1.54) is 0 Å². The van der Waals surface area contributed by atoms with Gasteiger partial charge in [0.05, 0.1) is 25.4 Å². The summed E-state index contributed by atoms with van der Waals surface area (Å²) < 4.78 is 12.7. The maximum atomic E-state index is 12.3. The lowest BCUT2D eigenvalue weighted by molar-refractivity contribution is 0.0495. The summed E-state index contributed by atoms with van der Waals surface area (Å²) in [4.78, 5) is 38.7. The molecule has 0 bridgehead atoms. The number of carboxylic acid groups (broad SMARTS) is 1. The molecule has 2 aliphatic heterocycles. The van der Waals surface area contributed by atoms with E-state index in [2.05, 4.69) is 22.0 Å². The number of alkyl carbamates (subject to hydrolysis) is 1. The quantitative estimate of drug-likeness (QED) is 0.243. The predicted molar refractivity (Wildman–Crippen MR) is 180 cm³/mol. The minimum absolute atomic E-state index is 0.0648. The molecule has 12 nitrogen and oxygen atoms in total. The molecule has 2 aromatic heterocycles. The van der Waals surface area contributed by atoms with Gasteiger partial charge in [0.2, 0.25) is 0 Å². The Hall–Kier alpha value is -4.87. The zero-order valence-corrected chi connectivity index (χ0v) is 27.7. The SMILES string of the molecule is COc1ccc(Cn2nc(N3CCCc4c(C(=O)O)cccc43)c3ncc(N4CCC(C)(CNC(=O)OC(C)(C)C)CC4)nc32)cc1. The molecule has 6 rings (SSSR count). The number of carbonyl (C=O) groups is 2. The van der Waals surface area contributed by atoms with Gasteiger partial charge in [0.15, 0.2) is 17.0 Å². The fraction of sp³-hybridized carbons (Fsp3) is 0.457. The molecule has 2 aliphatic rings. The van der Waals surface area contributed by atoms with Crippen LogP contribution in [0, 0.1) is 5.41 Å². The standard InChI is InChI=1S/C35H43N7O5/c1-34(2,3)47-33(45)37-22-35(4)15-18-40(19-16-35)28-20-36-29-30(38-28)42(21-23-11-13-24(46-5)14-12-23)39-31(29)41-17-7-9-25-26(32(43)44)8-6-10-27(25)41/h6,8,10-14,20H,7,9,15-19,21-22H2,1-5H3,(H,37,45)(H,43,44). The summed E-state index contributed by atoms with van der Waals surface area (Å²) in [5, 5.41) is 17.9. The number of rotatable bonds is 8. The summed E-state index contributed by atoms with van der Waals surface area (Å²) in [5.74, 6) is 1.28. The summed E-state index contributed by atoms with van der Waals surface area (Å²) in [6.45, 7) is 11.0. The number of methoxy groups -OCH3 is 1. The van der Waals surface area contributed by atoms with Crippen LogP contribution in [0.4, 0.5) is 22.1 Å². The number of piperidine rings is 1. The van der Waals surface area contributed by atoms with E-state index in [-0.39, 0.29) is 5.41 Å². The number of nitrogens with zero attached hydrogens (tertiary/aromatic N) is 6. The second-order valence-corrected chi connectivity index (χ2v) is 13.7. The van der Waals surface area contributed by atoms with Crippen molar-refractivity contribution < 1.29 is 24.2 Å². The third kappa shape index (κ3) is 6.96. The van der Waals surface area contributed by atoms with Crippen molar-refractivity contribution in [3.8, 4) is 5.75 Å². The van der Waals surface area contributed by atoms with Crippen molar-refractivity contribution in [2.75, 3.05) is 43.1 Å². The summed E-state index contributed by atoms with van der Waals surface area (Å²) in [6, 6.07) is 13.3. The van der Waals surface area contributed by atoms with Crippen LogP contribution in [0.5, 0.6) is 5.75 Å². The fourth-order valence-electron chi connectivity index (χ4n) is 6.36. The van der Waals surface area contributed by atoms with E-state index in [4.69, 9.17) is 24.5 Å². The molecule has 4 aromatic rings. The molecule has 2 N–H and O–H groups in total. The number of ether oxygens (including phenoxy) is 2. The van der Waals surface area contributed by atoms with Gasteiger partial charge >= 0.3 is 12.1 Å². The van der Waals surface area contributed by atoms with Gasteiger partial charge in [0, 0.05) is 31.9 Å². The van der Waals surface area contributed by atoms with Crippen LogP contribution < -0.4 is 19.9 Å². The van der Waals surface area contributed by atoms with Gasteiger partial charge < -0.3 is 29.7 Å². The molecule has 12 heteroatoms. The molecule has 47 heavy (non-hydrogen) atoms. The Bertz CT molecular complexity index is 1770. The average Bonchev–Trinajstić information content (AvgIpc) is 3.40. The Morgan fingerprint density at radius 3 is 2.49 bits per heavy atom. The summed E-state index contributed by atoms with van der Waals surface area (Å²) in [7, 11) is 1.65. The van der Waals surface area contributed by atoms with Crippen molar-refractivity contribution in [1.29, 1.82) is 0 Å². The number of carbonyl (C=O) groups excluding carboxylic acids is 1. The van der Waals surface area contributed by atoms with Gasteiger partial charge in [-0.15, -0.1) is 0 Å². The highest BCUT2D eigenvalue weighted by molar-refractivity contribution is 5.94. The maximum Gasteiger partial charge on any atom is 0.407 e. The number of nitrogens with one attached hydrogen (secondary N) is 1. The van der Waals surface area contributed by atoms with Crippen molar-refractivity contribution >= 4 is 40.5 Å². The van der Waals surface area contributed by atoms with Crippen LogP contribution in [-0.2, 0) is 17.7 Å². The third-order valence-electron chi connectivity index (χ3n) is 8.99. The van der Waals surface area contributed by atoms with Gasteiger partial charge in [-0.25, -0.2) is 24.2 Å². The van der Waals surface area contributed by atoms with Crippen molar-refractivity contribution in [3.05, 3.63) is 65.4 Å². The Balaban J connectivity index is 1.29. The van der Waals surface area contributed by atoms with Crippen LogP contribution in [0.1, 0.15) is 68.4 Å². The average molecular weight is 642 g/mol. The Labute approximate surface area is 274 Å². The van der Waals surface area contributed by atoms with Crippen molar-refractivity contribution in [3.63, 3.8) is 0 Å². The van der Waals surface area contributed by atoms with Crippen LogP contribution in [0.15, 0.2) is 48.7 Å². The Kier molecular flexibility index (Phi) is 8.69. The van der Waals surface area contributed by atoms with Gasteiger partial charge in [-0.05, 0) is 87.3 Å². The van der Waals surface area contributed by atoms with E-state index < -0.39 is 17.7 Å². The van der Waals surface area contributed by atoms with Gasteiger partial charge in [-0.2, -0.15) is 5.10 Å². The highest BCUT2D eigenvalue weighted by Crippen LogP contribution is 2.38. The van der Waals surface area contributed by atoms with Crippen LogP contribution in [0.2, 0.25) is 0 Å². The molecule has 2 aromatic carbocycles. The van der Waals surface area contributed by atoms with Gasteiger partial charge in [0.1, 0.15) is 17.2 Å². The van der Waals surface area contributed by atoms with Crippen LogP contribution >= 0.6 is 0 Å². The molecule has 4 heterocycles. The number of hydrogen-bond donors (Lipinski definition) is 2. The monoisotopic (exact) mass is 641 g/mol. The summed E-state index contributed by atoms with van der Waals surface area (Å²) in [6.07, 6.45) is 4.64. The lowest BCUT2D eigenvalue weighted by atomic mass is 9.80. The fourth-order valence-corrected chi connectivity index (χ4v) is 6.36. The Morgan fingerprint density at radius 1 is 1.06 bits per heavy atom. The number of fused-ring (bicyclic) bond motifs is 2. The van der Waals surface area contributed by atoms with Crippen molar-refractivity contribution in [1.82, 2.24) is 25.1 Å². The summed E-state index contributed by atoms with van der Waals surface area (Å²) in [5.41, 5.74) is 3.73. The van der Waals surface area contributed by atoms with E-state index >= 15 is 0 Å². The lowest BCUT2D eigenvalue weighted by Crippen LogP contribution is -2.46. The molecule has 1 amide bonds. The maximum absolute atomic E-state index is 12.3. The summed E-state index contributed by atoms with van der Waals surface area (Å²) >= 11 is 0. The predicted octanol–water partition coefficient (Wildman–Crippen LogP) is 5.80. The first-order valence-corrected chi connectivity index (χ1v) is 16.1. The van der Waals surface area contributed by atoms with Crippen LogP contribution in [-0.4, -0.2) is 75.8 Å². The molecule has 0 aliphatic carbocycles. The number of aromatic nitrogens is 4. The zero-order valence-electron chi connectivity index (χ0n) is 27.7. The minimum atomic E-state index is -0.929. The Morgan fingerprint density at radius 2 is 1.81 bits per heavy atom. The van der Waals surface area contributed by atoms with Crippen LogP contribution in [0.3, 0.4) is 0 Å². The number of benzene rings is 2.